The highest BCUT2D eigenvalue weighted by Gasteiger charge is 2.29. The van der Waals surface area contributed by atoms with Crippen molar-refractivity contribution >= 4 is 61.5 Å². The van der Waals surface area contributed by atoms with Crippen LogP contribution in [0.5, 0.6) is 0 Å². The molecule has 0 spiro atoms. The van der Waals surface area contributed by atoms with Crippen molar-refractivity contribution < 1.29 is 14.3 Å². The monoisotopic (exact) mass is 515 g/mol. The van der Waals surface area contributed by atoms with Crippen LogP contribution in [0.25, 0.3) is 10.2 Å². The summed E-state index contributed by atoms with van der Waals surface area (Å²) >= 11 is 4.76. The van der Waals surface area contributed by atoms with Gasteiger partial charge in [0, 0.05) is 15.1 Å². The molecule has 9 heteroatoms. The van der Waals surface area contributed by atoms with Crippen molar-refractivity contribution in [2.45, 2.75) is 70.7 Å². The average Bonchev–Trinajstić information content (AvgIpc) is 3.34. The Hall–Kier alpha value is -1.97. The predicted molar refractivity (Wildman–Crippen MR) is 140 cm³/mol. The summed E-state index contributed by atoms with van der Waals surface area (Å²) in [7, 11) is 0. The molecule has 0 aliphatic heterocycles. The number of aryl methyl sites for hydroxylation is 3. The summed E-state index contributed by atoms with van der Waals surface area (Å²) in [6.07, 6.45) is 7.43. The maximum atomic E-state index is 13.0. The van der Waals surface area contributed by atoms with Crippen LogP contribution in [-0.4, -0.2) is 34.2 Å². The van der Waals surface area contributed by atoms with Gasteiger partial charge in [-0.15, -0.1) is 22.7 Å². The summed E-state index contributed by atoms with van der Waals surface area (Å²) < 4.78 is 5.33. The highest BCUT2D eigenvalue weighted by Crippen LogP contribution is 2.41. The number of fused-ring (bicyclic) bond motifs is 4. The second-order valence-corrected chi connectivity index (χ2v) is 12.2. The first-order chi connectivity index (χ1) is 16.4. The molecule has 1 atom stereocenters. The Bertz CT molecular complexity index is 1260. The zero-order valence-electron chi connectivity index (χ0n) is 19.8. The van der Waals surface area contributed by atoms with Gasteiger partial charge in [0.25, 0.3) is 0 Å². The Morgan fingerprint density at radius 3 is 2.76 bits per heavy atom. The van der Waals surface area contributed by atoms with Crippen LogP contribution in [0.1, 0.15) is 70.2 Å². The fraction of sp³-hybridized carbons (Fsp3) is 0.520. The lowest BCUT2D eigenvalue weighted by molar-refractivity contribution is -0.113. The molecule has 3 aromatic heterocycles. The van der Waals surface area contributed by atoms with Gasteiger partial charge < -0.3 is 10.1 Å². The van der Waals surface area contributed by atoms with Gasteiger partial charge in [0.05, 0.1) is 17.9 Å². The topological polar surface area (TPSA) is 81.2 Å². The molecule has 0 radical (unpaired) electrons. The summed E-state index contributed by atoms with van der Waals surface area (Å²) in [5, 5.41) is 5.68. The average molecular weight is 516 g/mol. The van der Waals surface area contributed by atoms with Gasteiger partial charge in [-0.1, -0.05) is 18.7 Å². The molecule has 6 nitrogen and oxygen atoms in total. The number of anilines is 1. The van der Waals surface area contributed by atoms with Gasteiger partial charge >= 0.3 is 5.97 Å². The smallest absolute Gasteiger partial charge is 0.341 e. The number of hydrogen-bond acceptors (Lipinski definition) is 8. The molecular formula is C25H29N3O3S3. The van der Waals surface area contributed by atoms with Gasteiger partial charge in [0.2, 0.25) is 5.91 Å². The number of ether oxygens (including phenoxy) is 1. The molecule has 0 bridgehead atoms. The number of esters is 1. The molecule has 0 saturated heterocycles. The Kier molecular flexibility index (Phi) is 6.95. The highest BCUT2D eigenvalue weighted by atomic mass is 32.2. The van der Waals surface area contributed by atoms with Crippen molar-refractivity contribution in [1.82, 2.24) is 9.97 Å². The number of nitrogens with zero attached hydrogens (tertiary/aromatic N) is 2. The second kappa shape index (κ2) is 9.95. The third-order valence-corrected chi connectivity index (χ3v) is 9.81. The Morgan fingerprint density at radius 1 is 1.12 bits per heavy atom. The van der Waals surface area contributed by atoms with Gasteiger partial charge in [0.15, 0.2) is 0 Å². The predicted octanol–water partition coefficient (Wildman–Crippen LogP) is 5.97. The number of amides is 1. The molecule has 1 amide bonds. The fourth-order valence-electron chi connectivity index (χ4n) is 4.88. The largest absolute Gasteiger partial charge is 0.462 e. The first kappa shape index (κ1) is 23.8. The summed E-state index contributed by atoms with van der Waals surface area (Å²) in [5.74, 6) is 1.09. The molecule has 0 saturated carbocycles. The van der Waals surface area contributed by atoms with E-state index in [4.69, 9.17) is 9.72 Å². The van der Waals surface area contributed by atoms with Crippen LogP contribution < -0.4 is 5.32 Å². The van der Waals surface area contributed by atoms with E-state index in [1.54, 1.807) is 18.3 Å². The molecule has 0 fully saturated rings. The van der Waals surface area contributed by atoms with Crippen molar-refractivity contribution in [2.75, 3.05) is 17.7 Å². The zero-order valence-corrected chi connectivity index (χ0v) is 22.2. The minimum Gasteiger partial charge on any atom is -0.462 e. The summed E-state index contributed by atoms with van der Waals surface area (Å²) in [6, 6.07) is 0. The van der Waals surface area contributed by atoms with Crippen LogP contribution in [0, 0.1) is 12.8 Å². The van der Waals surface area contributed by atoms with E-state index in [0.29, 0.717) is 23.1 Å². The number of thioether (sulfide) groups is 1. The second-order valence-electron chi connectivity index (χ2n) is 9.08. The summed E-state index contributed by atoms with van der Waals surface area (Å²) in [6.45, 7) is 6.26. The maximum Gasteiger partial charge on any atom is 0.341 e. The van der Waals surface area contributed by atoms with Gasteiger partial charge in [-0.05, 0) is 75.8 Å². The van der Waals surface area contributed by atoms with E-state index in [0.717, 1.165) is 58.7 Å². The van der Waals surface area contributed by atoms with Gasteiger partial charge in [0.1, 0.15) is 20.7 Å². The first-order valence-electron chi connectivity index (χ1n) is 12.0. The third-order valence-electron chi connectivity index (χ3n) is 6.48. The molecule has 180 valence electrons. The normalized spacial score (nSPS) is 17.3. The molecular weight excluding hydrogens is 486 g/mol. The van der Waals surface area contributed by atoms with Crippen LogP contribution in [0.15, 0.2) is 5.03 Å². The molecule has 3 heterocycles. The highest BCUT2D eigenvalue weighted by molar-refractivity contribution is 8.00. The zero-order chi connectivity index (χ0) is 23.8. The fourth-order valence-corrected chi connectivity index (χ4v) is 8.57. The summed E-state index contributed by atoms with van der Waals surface area (Å²) in [5.41, 5.74) is 2.99. The minimum atomic E-state index is -0.337. The van der Waals surface area contributed by atoms with Crippen LogP contribution in [0.2, 0.25) is 0 Å². The molecule has 1 N–H and O–H groups in total. The van der Waals surface area contributed by atoms with E-state index in [-0.39, 0.29) is 17.6 Å². The maximum absolute atomic E-state index is 13.0. The Labute approximate surface area is 211 Å². The van der Waals surface area contributed by atoms with Crippen LogP contribution in [-0.2, 0) is 35.2 Å². The molecule has 34 heavy (non-hydrogen) atoms. The summed E-state index contributed by atoms with van der Waals surface area (Å²) in [4.78, 5) is 38.8. The van der Waals surface area contributed by atoms with Crippen molar-refractivity contribution in [3.05, 3.63) is 32.3 Å². The Balaban J connectivity index is 1.37. The number of rotatable bonds is 6. The molecule has 3 aromatic rings. The van der Waals surface area contributed by atoms with Crippen LogP contribution in [0.4, 0.5) is 5.00 Å². The van der Waals surface area contributed by atoms with Crippen molar-refractivity contribution in [3.63, 3.8) is 0 Å². The van der Waals surface area contributed by atoms with Crippen molar-refractivity contribution in [2.24, 2.45) is 5.92 Å². The quantitative estimate of drug-likeness (QED) is 0.247. The lowest BCUT2D eigenvalue weighted by Crippen LogP contribution is -2.17. The van der Waals surface area contributed by atoms with Crippen molar-refractivity contribution in [1.29, 1.82) is 0 Å². The molecule has 0 unspecified atom stereocenters. The number of hydrogen-bond donors (Lipinski definition) is 1. The molecule has 5 rings (SSSR count). The minimum absolute atomic E-state index is 0.129. The van der Waals surface area contributed by atoms with Gasteiger partial charge in [-0.3, -0.25) is 4.79 Å². The number of carbonyl (C=O) groups excluding carboxylic acids is 2. The van der Waals surface area contributed by atoms with Gasteiger partial charge in [-0.2, -0.15) is 0 Å². The standard InChI is InChI=1S/C25H29N3O3S3/c1-4-31-25(30)21-16-10-9-13(2)11-18(16)34-24(21)28-19(29)12-32-22-20-15-7-5-6-8-17(15)33-23(20)27-14(3)26-22/h13H,4-12H2,1-3H3,(H,28,29)/t13-/m0/s1. The van der Waals surface area contributed by atoms with Gasteiger partial charge in [-0.25, -0.2) is 14.8 Å². The van der Waals surface area contributed by atoms with E-state index in [2.05, 4.69) is 17.2 Å². The van der Waals surface area contributed by atoms with E-state index < -0.39 is 0 Å². The lowest BCUT2D eigenvalue weighted by atomic mass is 9.88. The first-order valence-corrected chi connectivity index (χ1v) is 14.6. The van der Waals surface area contributed by atoms with E-state index in [9.17, 15) is 9.59 Å². The molecule has 2 aliphatic rings. The van der Waals surface area contributed by atoms with Crippen LogP contribution >= 0.6 is 34.4 Å². The van der Waals surface area contributed by atoms with E-state index >= 15 is 0 Å². The third kappa shape index (κ3) is 4.62. The number of nitrogens with one attached hydrogen (secondary N) is 1. The van der Waals surface area contributed by atoms with E-state index in [1.165, 1.54) is 51.3 Å². The number of carbonyl (C=O) groups is 2. The molecule has 0 aromatic carbocycles. The molecule has 2 aliphatic carbocycles. The lowest BCUT2D eigenvalue weighted by Gasteiger charge is -2.18. The van der Waals surface area contributed by atoms with Crippen LogP contribution in [0.3, 0.4) is 0 Å². The number of aromatic nitrogens is 2. The number of thiophene rings is 2. The van der Waals surface area contributed by atoms with E-state index in [1.807, 2.05) is 6.92 Å². The SMILES string of the molecule is CCOC(=O)c1c(NC(=O)CSc2nc(C)nc3sc4c(c23)CCCC4)sc2c1CC[C@H](C)C2. The Morgan fingerprint density at radius 2 is 1.94 bits per heavy atom. The van der Waals surface area contributed by atoms with Crippen molar-refractivity contribution in [3.8, 4) is 0 Å².